The molecule has 1 saturated heterocycles. The van der Waals surface area contributed by atoms with Crippen molar-refractivity contribution in [2.24, 2.45) is 9.98 Å². The molecule has 0 radical (unpaired) electrons. The first kappa shape index (κ1) is 24.2. The summed E-state index contributed by atoms with van der Waals surface area (Å²) in [6, 6.07) is 13.0. The number of hydrogen-bond acceptors (Lipinski definition) is 4. The molecule has 1 fully saturated rings. The van der Waals surface area contributed by atoms with E-state index in [0.717, 1.165) is 33.0 Å². The molecule has 0 bridgehead atoms. The summed E-state index contributed by atoms with van der Waals surface area (Å²) in [6.07, 6.45) is 0. The molecular weight excluding hydrogens is 439 g/mol. The first-order valence-corrected chi connectivity index (χ1v) is 12.0. The maximum absolute atomic E-state index is 5.23. The smallest absolute Gasteiger partial charge is 0.129 e. The van der Waals surface area contributed by atoms with Crippen molar-refractivity contribution in [3.8, 4) is 0 Å². The van der Waals surface area contributed by atoms with Gasteiger partial charge in [0.2, 0.25) is 0 Å². The number of aryl methyl sites for hydroxylation is 2. The van der Waals surface area contributed by atoms with Gasteiger partial charge in [0.15, 0.2) is 0 Å². The Balaban J connectivity index is 0.00000300. The van der Waals surface area contributed by atoms with Crippen LogP contribution in [0.2, 0.25) is 0 Å². The van der Waals surface area contributed by atoms with Crippen molar-refractivity contribution in [2.75, 3.05) is 11.5 Å². The van der Waals surface area contributed by atoms with Gasteiger partial charge in [0.25, 0.3) is 0 Å². The number of thioether (sulfide) groups is 2. The molecule has 1 heterocycles. The van der Waals surface area contributed by atoms with E-state index in [9.17, 15) is 0 Å². The summed E-state index contributed by atoms with van der Waals surface area (Å²) < 4.78 is 0. The molecule has 0 atom stereocenters. The Morgan fingerprint density at radius 3 is 1.55 bits per heavy atom. The fourth-order valence-electron chi connectivity index (χ4n) is 3.39. The predicted octanol–water partition coefficient (Wildman–Crippen LogP) is 7.79. The van der Waals surface area contributed by atoms with Gasteiger partial charge in [0.05, 0.1) is 11.4 Å². The molecule has 0 spiro atoms. The Bertz CT molecular complexity index is 871. The first-order chi connectivity index (χ1) is 13.4. The zero-order valence-corrected chi connectivity index (χ0v) is 20.7. The Labute approximate surface area is 194 Å². The normalized spacial score (nSPS) is 17.2. The molecule has 0 N–H and O–H groups in total. The van der Waals surface area contributed by atoms with E-state index in [1.54, 1.807) is 0 Å². The van der Waals surface area contributed by atoms with Crippen LogP contribution in [0.5, 0.6) is 0 Å². The van der Waals surface area contributed by atoms with Crippen molar-refractivity contribution in [1.82, 2.24) is 0 Å². The first-order valence-electron chi connectivity index (χ1n) is 10.0. The van der Waals surface area contributed by atoms with Crippen molar-refractivity contribution < 1.29 is 16.5 Å². The molecule has 158 valence electrons. The topological polar surface area (TPSA) is 24.7 Å². The van der Waals surface area contributed by atoms with Crippen LogP contribution in [0.15, 0.2) is 46.4 Å². The van der Waals surface area contributed by atoms with E-state index in [0.29, 0.717) is 11.8 Å². The summed E-state index contributed by atoms with van der Waals surface area (Å²) in [5.74, 6) is 3.04. The van der Waals surface area contributed by atoms with Crippen molar-refractivity contribution in [3.05, 3.63) is 58.7 Å². The van der Waals surface area contributed by atoms with Gasteiger partial charge in [-0.25, -0.2) is 9.98 Å². The third-order valence-electron chi connectivity index (χ3n) is 4.95. The molecule has 0 aromatic heterocycles. The van der Waals surface area contributed by atoms with Gasteiger partial charge in [-0.05, 0) is 47.9 Å². The van der Waals surface area contributed by atoms with Crippen molar-refractivity contribution >= 4 is 45.0 Å². The number of para-hydroxylation sites is 2. The second-order valence-corrected chi connectivity index (χ2v) is 10.0. The van der Waals surface area contributed by atoms with Crippen LogP contribution in [-0.4, -0.2) is 21.6 Å². The van der Waals surface area contributed by atoms with Crippen molar-refractivity contribution in [3.63, 3.8) is 0 Å². The Kier molecular flexibility index (Phi) is 9.06. The van der Waals surface area contributed by atoms with Gasteiger partial charge < -0.3 is 0 Å². The Hall–Kier alpha value is -1.03. The van der Waals surface area contributed by atoms with Gasteiger partial charge in [0, 0.05) is 28.0 Å². The molecule has 0 saturated carbocycles. The van der Waals surface area contributed by atoms with Crippen LogP contribution in [-0.2, 0) is 16.5 Å². The third-order valence-corrected chi connectivity index (χ3v) is 7.27. The van der Waals surface area contributed by atoms with Gasteiger partial charge in [-0.2, -0.15) is 0 Å². The van der Waals surface area contributed by atoms with Gasteiger partial charge >= 0.3 is 0 Å². The minimum absolute atomic E-state index is 0. The minimum atomic E-state index is 0. The number of rotatable bonds is 4. The molecule has 2 aromatic rings. The van der Waals surface area contributed by atoms with Gasteiger partial charge in [-0.1, -0.05) is 64.1 Å². The van der Waals surface area contributed by atoms with E-state index in [1.165, 1.54) is 22.3 Å². The van der Waals surface area contributed by atoms with E-state index < -0.39 is 0 Å². The molecule has 2 aromatic carbocycles. The standard InChI is InChI=1S/C24H30N2S2.Ni/c1-15(2)19-11-8-12-20(16(3)4)22(19)26-24-23(27-13-14-28-24)25-21-17(5)9-7-10-18(21)6;/h7-12,15-16H,13-14H2,1-6H3;. The average molecular weight is 469 g/mol. The summed E-state index contributed by atoms with van der Waals surface area (Å²) in [6.45, 7) is 13.3. The predicted molar refractivity (Wildman–Crippen MR) is 130 cm³/mol. The number of nitrogens with zero attached hydrogens (tertiary/aromatic N) is 2. The molecule has 1 aliphatic heterocycles. The summed E-state index contributed by atoms with van der Waals surface area (Å²) in [7, 11) is 0. The fraction of sp³-hybridized carbons (Fsp3) is 0.417. The molecule has 29 heavy (non-hydrogen) atoms. The fourth-order valence-corrected chi connectivity index (χ4v) is 5.44. The molecule has 0 aliphatic carbocycles. The van der Waals surface area contributed by atoms with E-state index in [2.05, 4.69) is 77.9 Å². The Morgan fingerprint density at radius 2 is 1.10 bits per heavy atom. The maximum atomic E-state index is 5.23. The van der Waals surface area contributed by atoms with Crippen LogP contribution < -0.4 is 0 Å². The van der Waals surface area contributed by atoms with Gasteiger partial charge in [-0.3, -0.25) is 0 Å². The van der Waals surface area contributed by atoms with E-state index >= 15 is 0 Å². The zero-order valence-electron chi connectivity index (χ0n) is 18.1. The summed E-state index contributed by atoms with van der Waals surface area (Å²) in [5, 5.41) is 2.12. The van der Waals surface area contributed by atoms with E-state index in [1.807, 2.05) is 23.5 Å². The minimum Gasteiger partial charge on any atom is -0.239 e. The monoisotopic (exact) mass is 468 g/mol. The van der Waals surface area contributed by atoms with Crippen LogP contribution in [0, 0.1) is 13.8 Å². The quantitative estimate of drug-likeness (QED) is 0.427. The molecule has 1 aliphatic rings. The molecule has 0 unspecified atom stereocenters. The van der Waals surface area contributed by atoms with Crippen molar-refractivity contribution in [1.29, 1.82) is 0 Å². The van der Waals surface area contributed by atoms with Crippen LogP contribution in [0.1, 0.15) is 61.8 Å². The molecule has 0 amide bonds. The van der Waals surface area contributed by atoms with Crippen LogP contribution in [0.3, 0.4) is 0 Å². The summed E-state index contributed by atoms with van der Waals surface area (Å²) in [5.41, 5.74) is 7.30. The SMILES string of the molecule is Cc1cccc(C)c1N=C1SCCSC1=Nc1c(C(C)C)cccc1C(C)C.[Ni]. The van der Waals surface area contributed by atoms with Crippen LogP contribution in [0.4, 0.5) is 11.4 Å². The van der Waals surface area contributed by atoms with Crippen LogP contribution in [0.25, 0.3) is 0 Å². The number of aliphatic imine (C=N–C) groups is 2. The van der Waals surface area contributed by atoms with Gasteiger partial charge in [0.1, 0.15) is 10.1 Å². The average Bonchev–Trinajstić information content (AvgIpc) is 2.66. The molecule has 3 rings (SSSR count). The summed E-state index contributed by atoms with van der Waals surface area (Å²) >= 11 is 3.67. The van der Waals surface area contributed by atoms with Gasteiger partial charge in [-0.15, -0.1) is 23.5 Å². The number of hydrogen-bond donors (Lipinski definition) is 0. The Morgan fingerprint density at radius 1 is 0.690 bits per heavy atom. The number of benzene rings is 2. The molecular formula is C24H30N2NiS2. The van der Waals surface area contributed by atoms with Crippen molar-refractivity contribution in [2.45, 2.75) is 53.4 Å². The second-order valence-electron chi connectivity index (χ2n) is 7.87. The molecule has 2 nitrogen and oxygen atoms in total. The summed E-state index contributed by atoms with van der Waals surface area (Å²) in [4.78, 5) is 10.3. The maximum Gasteiger partial charge on any atom is 0.129 e. The zero-order chi connectivity index (χ0) is 20.3. The second kappa shape index (κ2) is 10.8. The van der Waals surface area contributed by atoms with E-state index in [-0.39, 0.29) is 16.5 Å². The largest absolute Gasteiger partial charge is 0.239 e. The van der Waals surface area contributed by atoms with E-state index in [4.69, 9.17) is 9.98 Å². The molecule has 5 heteroatoms. The third kappa shape index (κ3) is 5.77. The van der Waals surface area contributed by atoms with Crippen LogP contribution >= 0.6 is 23.5 Å².